The number of amides is 1. The first-order chi connectivity index (χ1) is 15.4. The number of rotatable bonds is 10. The molecule has 0 saturated carbocycles. The maximum Gasteiger partial charge on any atom is 0.264 e. The van der Waals surface area contributed by atoms with Crippen LogP contribution in [0.2, 0.25) is 5.02 Å². The van der Waals surface area contributed by atoms with E-state index in [1.54, 1.807) is 48.2 Å². The summed E-state index contributed by atoms with van der Waals surface area (Å²) >= 11 is 7.79. The molecule has 168 valence electrons. The number of hydrogen-bond donors (Lipinski definition) is 1. The molecule has 8 heteroatoms. The van der Waals surface area contributed by atoms with Crippen LogP contribution < -0.4 is 9.62 Å². The quantitative estimate of drug-likeness (QED) is 0.412. The van der Waals surface area contributed by atoms with E-state index in [9.17, 15) is 13.2 Å². The second kappa shape index (κ2) is 11.4. The maximum absolute atomic E-state index is 13.2. The number of aryl methyl sites for hydroxylation is 1. The minimum atomic E-state index is -3.93. The minimum Gasteiger partial charge on any atom is -0.354 e. The summed E-state index contributed by atoms with van der Waals surface area (Å²) in [6, 6.07) is 22.8. The molecule has 1 N–H and O–H groups in total. The highest BCUT2D eigenvalue weighted by molar-refractivity contribution is 7.98. The molecule has 1 amide bonds. The van der Waals surface area contributed by atoms with E-state index in [0.717, 1.165) is 15.8 Å². The smallest absolute Gasteiger partial charge is 0.264 e. The number of nitrogens with one attached hydrogen (secondary N) is 1. The Balaban J connectivity index is 1.62. The van der Waals surface area contributed by atoms with Crippen molar-refractivity contribution in [3.8, 4) is 0 Å². The van der Waals surface area contributed by atoms with E-state index in [2.05, 4.69) is 30.4 Å². The molecule has 5 nitrogen and oxygen atoms in total. The van der Waals surface area contributed by atoms with E-state index in [1.807, 2.05) is 6.07 Å². The van der Waals surface area contributed by atoms with Gasteiger partial charge in [0.2, 0.25) is 5.91 Å². The van der Waals surface area contributed by atoms with Gasteiger partial charge in [-0.3, -0.25) is 9.10 Å². The van der Waals surface area contributed by atoms with Gasteiger partial charge in [0.25, 0.3) is 10.0 Å². The molecule has 0 unspecified atom stereocenters. The summed E-state index contributed by atoms with van der Waals surface area (Å²) in [5.74, 6) is 1.21. The Morgan fingerprint density at radius 3 is 2.47 bits per heavy atom. The number of hydrogen-bond acceptors (Lipinski definition) is 4. The largest absolute Gasteiger partial charge is 0.354 e. The Hall–Kier alpha value is -2.48. The van der Waals surface area contributed by atoms with Gasteiger partial charge in [0, 0.05) is 23.1 Å². The molecule has 0 atom stereocenters. The highest BCUT2D eigenvalue weighted by atomic mass is 35.5. The van der Waals surface area contributed by atoms with Crippen LogP contribution in [0.15, 0.2) is 83.8 Å². The third-order valence-corrected chi connectivity index (χ3v) is 7.69. The molecular weight excluding hydrogens is 464 g/mol. The molecule has 3 rings (SSSR count). The van der Waals surface area contributed by atoms with Gasteiger partial charge >= 0.3 is 0 Å². The van der Waals surface area contributed by atoms with Gasteiger partial charge in [0.05, 0.1) is 10.6 Å². The summed E-state index contributed by atoms with van der Waals surface area (Å²) in [5, 5.41) is 3.21. The van der Waals surface area contributed by atoms with Crippen LogP contribution in [0, 0.1) is 6.92 Å². The summed E-state index contributed by atoms with van der Waals surface area (Å²) in [7, 11) is -3.93. The lowest BCUT2D eigenvalue weighted by Crippen LogP contribution is -2.41. The average molecular weight is 489 g/mol. The molecule has 0 aromatic heterocycles. The zero-order valence-electron chi connectivity index (χ0n) is 17.7. The number of nitrogens with zero attached hydrogens (tertiary/aromatic N) is 1. The van der Waals surface area contributed by atoms with Crippen LogP contribution in [-0.4, -0.2) is 33.2 Å². The molecule has 0 aliphatic carbocycles. The van der Waals surface area contributed by atoms with Crippen molar-refractivity contribution in [2.75, 3.05) is 23.1 Å². The van der Waals surface area contributed by atoms with Crippen molar-refractivity contribution < 1.29 is 13.2 Å². The van der Waals surface area contributed by atoms with Crippen molar-refractivity contribution in [2.24, 2.45) is 0 Å². The first-order valence-electron chi connectivity index (χ1n) is 10.1. The van der Waals surface area contributed by atoms with E-state index < -0.39 is 10.0 Å². The van der Waals surface area contributed by atoms with Gasteiger partial charge in [0.1, 0.15) is 6.54 Å². The molecule has 0 spiro atoms. The van der Waals surface area contributed by atoms with E-state index in [1.165, 1.54) is 29.3 Å². The molecular formula is C24H25ClN2O3S2. The van der Waals surface area contributed by atoms with Crippen LogP contribution in [0.5, 0.6) is 0 Å². The third kappa shape index (κ3) is 6.76. The van der Waals surface area contributed by atoms with Crippen LogP contribution in [0.3, 0.4) is 0 Å². The van der Waals surface area contributed by atoms with E-state index in [4.69, 9.17) is 11.6 Å². The van der Waals surface area contributed by atoms with E-state index in [-0.39, 0.29) is 17.3 Å². The van der Waals surface area contributed by atoms with Gasteiger partial charge in [-0.15, -0.1) is 0 Å². The van der Waals surface area contributed by atoms with Crippen LogP contribution in [-0.2, 0) is 20.6 Å². The number of thioether (sulfide) groups is 1. The highest BCUT2D eigenvalue weighted by Crippen LogP contribution is 2.26. The van der Waals surface area contributed by atoms with Gasteiger partial charge in [-0.05, 0) is 42.8 Å². The Kier molecular flexibility index (Phi) is 8.61. The second-order valence-corrected chi connectivity index (χ2v) is 10.6. The lowest BCUT2D eigenvalue weighted by atomic mass is 10.2. The zero-order valence-corrected chi connectivity index (χ0v) is 20.1. The van der Waals surface area contributed by atoms with Crippen LogP contribution >= 0.6 is 23.4 Å². The predicted molar refractivity (Wildman–Crippen MR) is 133 cm³/mol. The van der Waals surface area contributed by atoms with Crippen LogP contribution in [0.25, 0.3) is 0 Å². The molecule has 0 aliphatic rings. The fraction of sp³-hybridized carbons (Fsp3) is 0.208. The Morgan fingerprint density at radius 2 is 1.75 bits per heavy atom. The van der Waals surface area contributed by atoms with Gasteiger partial charge in [0.15, 0.2) is 0 Å². The molecule has 0 radical (unpaired) electrons. The number of anilines is 1. The number of carbonyl (C=O) groups excluding carboxylic acids is 1. The van der Waals surface area contributed by atoms with Crippen molar-refractivity contribution in [3.05, 3.63) is 95.0 Å². The third-order valence-electron chi connectivity index (χ3n) is 4.63. The molecule has 32 heavy (non-hydrogen) atoms. The van der Waals surface area contributed by atoms with Crippen LogP contribution in [0.4, 0.5) is 5.69 Å². The number of halogens is 1. The lowest BCUT2D eigenvalue weighted by molar-refractivity contribution is -0.119. The highest BCUT2D eigenvalue weighted by Gasteiger charge is 2.27. The zero-order chi connectivity index (χ0) is 23.0. The fourth-order valence-corrected chi connectivity index (χ4v) is 5.53. The number of carbonyl (C=O) groups is 1. The normalized spacial score (nSPS) is 11.2. The summed E-state index contributed by atoms with van der Waals surface area (Å²) in [4.78, 5) is 12.7. The molecule has 3 aromatic rings. The number of benzene rings is 3. The molecule has 0 bridgehead atoms. The molecule has 0 aliphatic heterocycles. The Labute approximate surface area is 198 Å². The summed E-state index contributed by atoms with van der Waals surface area (Å²) in [6.07, 6.45) is 0. The first kappa shape index (κ1) is 24.2. The lowest BCUT2D eigenvalue weighted by Gasteiger charge is -2.24. The summed E-state index contributed by atoms with van der Waals surface area (Å²) in [5.41, 5.74) is 2.80. The van der Waals surface area contributed by atoms with E-state index in [0.29, 0.717) is 17.3 Å². The van der Waals surface area contributed by atoms with Gasteiger partial charge < -0.3 is 5.32 Å². The fourth-order valence-electron chi connectivity index (χ4n) is 3.11. The van der Waals surface area contributed by atoms with Gasteiger partial charge in [-0.2, -0.15) is 11.8 Å². The minimum absolute atomic E-state index is 0.112. The molecule has 0 heterocycles. The van der Waals surface area contributed by atoms with Crippen molar-refractivity contribution >= 4 is 45.0 Å². The molecule has 3 aromatic carbocycles. The Morgan fingerprint density at radius 1 is 1.00 bits per heavy atom. The summed E-state index contributed by atoms with van der Waals surface area (Å²) < 4.78 is 27.6. The molecule has 0 saturated heterocycles. The topological polar surface area (TPSA) is 66.5 Å². The first-order valence-corrected chi connectivity index (χ1v) is 13.1. The second-order valence-electron chi connectivity index (χ2n) is 7.20. The average Bonchev–Trinajstić information content (AvgIpc) is 2.78. The molecule has 0 fully saturated rings. The Bertz CT molecular complexity index is 1150. The SMILES string of the molecule is Cc1cccc(CSCCNC(=O)CN(c2cccc(Cl)c2)S(=O)(=O)c2ccccc2)c1. The predicted octanol–water partition coefficient (Wildman–Crippen LogP) is 4.89. The van der Waals surface area contributed by atoms with Gasteiger partial charge in [-0.25, -0.2) is 8.42 Å². The maximum atomic E-state index is 13.2. The van der Waals surface area contributed by atoms with Crippen LogP contribution in [0.1, 0.15) is 11.1 Å². The monoisotopic (exact) mass is 488 g/mol. The summed E-state index contributed by atoms with van der Waals surface area (Å²) in [6.45, 7) is 2.17. The van der Waals surface area contributed by atoms with Crippen molar-refractivity contribution in [2.45, 2.75) is 17.6 Å². The van der Waals surface area contributed by atoms with Gasteiger partial charge in [-0.1, -0.05) is 65.7 Å². The van der Waals surface area contributed by atoms with Crippen molar-refractivity contribution in [1.29, 1.82) is 0 Å². The van der Waals surface area contributed by atoms with Crippen molar-refractivity contribution in [1.82, 2.24) is 5.32 Å². The van der Waals surface area contributed by atoms with Crippen molar-refractivity contribution in [3.63, 3.8) is 0 Å². The van der Waals surface area contributed by atoms with E-state index >= 15 is 0 Å². The standard InChI is InChI=1S/C24H25ClN2O3S2/c1-19-7-5-8-20(15-19)18-31-14-13-26-24(28)17-27(22-10-6-9-21(25)16-22)32(29,30)23-11-3-2-4-12-23/h2-12,15-16H,13-14,17-18H2,1H3,(H,26,28). The number of sulfonamides is 1.